The molecule has 1 aliphatic rings. The molecule has 2 N–H and O–H groups in total. The average molecular weight is 504 g/mol. The molecule has 198 valence electrons. The van der Waals surface area contributed by atoms with E-state index < -0.39 is 5.97 Å². The third kappa shape index (κ3) is 8.63. The lowest BCUT2D eigenvalue weighted by molar-refractivity contribution is -0.136. The van der Waals surface area contributed by atoms with Crippen molar-refractivity contribution in [3.8, 4) is 5.75 Å². The van der Waals surface area contributed by atoms with Gasteiger partial charge in [-0.15, -0.1) is 0 Å². The van der Waals surface area contributed by atoms with Crippen LogP contribution in [0.2, 0.25) is 0 Å². The molecular formula is C32H41NO4. The van der Waals surface area contributed by atoms with Crippen molar-refractivity contribution in [3.63, 3.8) is 0 Å². The van der Waals surface area contributed by atoms with Gasteiger partial charge >= 0.3 is 5.97 Å². The fraction of sp³-hybridized carbons (Fsp3) is 0.438. The van der Waals surface area contributed by atoms with Gasteiger partial charge in [-0.25, -0.2) is 0 Å². The first kappa shape index (κ1) is 28.2. The Morgan fingerprint density at radius 3 is 2.32 bits per heavy atom. The van der Waals surface area contributed by atoms with Crippen molar-refractivity contribution in [1.82, 2.24) is 5.32 Å². The van der Waals surface area contributed by atoms with Gasteiger partial charge in [0.2, 0.25) is 0 Å². The van der Waals surface area contributed by atoms with Crippen LogP contribution in [0.1, 0.15) is 93.8 Å². The predicted molar refractivity (Wildman–Crippen MR) is 150 cm³/mol. The van der Waals surface area contributed by atoms with Crippen LogP contribution in [0.5, 0.6) is 5.75 Å². The van der Waals surface area contributed by atoms with E-state index in [2.05, 4.69) is 63.4 Å². The number of unbranched alkanes of at least 4 members (excludes halogenated alkanes) is 2. The van der Waals surface area contributed by atoms with Gasteiger partial charge in [0, 0.05) is 12.1 Å². The number of rotatable bonds is 12. The van der Waals surface area contributed by atoms with Gasteiger partial charge in [-0.1, -0.05) is 83.0 Å². The summed E-state index contributed by atoms with van der Waals surface area (Å²) >= 11 is 0. The van der Waals surface area contributed by atoms with E-state index in [9.17, 15) is 9.59 Å². The monoisotopic (exact) mass is 503 g/mol. The average Bonchev–Trinajstić information content (AvgIpc) is 2.88. The molecule has 3 rings (SSSR count). The van der Waals surface area contributed by atoms with Crippen LogP contribution in [0.3, 0.4) is 0 Å². The highest BCUT2D eigenvalue weighted by atomic mass is 16.5. The molecule has 2 aromatic carbocycles. The van der Waals surface area contributed by atoms with Crippen LogP contribution in [-0.4, -0.2) is 23.5 Å². The Morgan fingerprint density at radius 1 is 1.05 bits per heavy atom. The molecule has 2 unspecified atom stereocenters. The predicted octanol–water partition coefficient (Wildman–Crippen LogP) is 7.60. The molecule has 0 spiro atoms. The highest BCUT2D eigenvalue weighted by molar-refractivity contribution is 5.94. The summed E-state index contributed by atoms with van der Waals surface area (Å²) in [6, 6.07) is 15.7. The number of carboxylic acids is 1. The summed E-state index contributed by atoms with van der Waals surface area (Å²) in [6.07, 6.45) is 12.0. The van der Waals surface area contributed by atoms with Crippen LogP contribution in [0, 0.1) is 11.3 Å². The molecule has 5 heteroatoms. The van der Waals surface area contributed by atoms with E-state index in [4.69, 9.17) is 9.84 Å². The third-order valence-corrected chi connectivity index (χ3v) is 6.92. The smallest absolute Gasteiger partial charge is 0.305 e. The molecule has 0 aliphatic heterocycles. The van der Waals surface area contributed by atoms with Crippen LogP contribution in [-0.2, 0) is 4.79 Å². The lowest BCUT2D eigenvalue weighted by Crippen LogP contribution is -2.26. The quantitative estimate of drug-likeness (QED) is 0.292. The first-order valence-corrected chi connectivity index (χ1v) is 13.4. The summed E-state index contributed by atoms with van der Waals surface area (Å²) in [7, 11) is 0. The first-order valence-electron chi connectivity index (χ1n) is 13.4. The minimum Gasteiger partial charge on any atom is -0.486 e. The number of carbonyl (C=O) groups is 2. The van der Waals surface area contributed by atoms with Gasteiger partial charge in [0.05, 0.1) is 6.42 Å². The molecule has 2 aromatic rings. The number of aliphatic carboxylic acids is 1. The summed E-state index contributed by atoms with van der Waals surface area (Å²) in [5.74, 6) is 0.183. The maximum atomic E-state index is 12.3. The SMILES string of the molecule is CCCCCC(Oc1ccc(C2=CCC(C(C)(C)C)C=C2)cc1)c1ccc(C(=O)NCCC(=O)O)cc1. The molecule has 0 heterocycles. The van der Waals surface area contributed by atoms with E-state index in [1.807, 2.05) is 24.3 Å². The normalized spacial score (nSPS) is 16.1. The van der Waals surface area contributed by atoms with Crippen molar-refractivity contribution in [2.45, 2.75) is 72.3 Å². The number of allylic oxidation sites excluding steroid dienone is 4. The molecule has 0 radical (unpaired) electrons. The molecule has 0 saturated carbocycles. The number of hydrogen-bond acceptors (Lipinski definition) is 3. The van der Waals surface area contributed by atoms with E-state index in [1.165, 1.54) is 11.1 Å². The Hall–Kier alpha value is -3.34. The number of carboxylic acid groups (broad SMARTS) is 1. The summed E-state index contributed by atoms with van der Waals surface area (Å²) in [4.78, 5) is 23.0. The zero-order valence-electron chi connectivity index (χ0n) is 22.6. The molecule has 1 amide bonds. The van der Waals surface area contributed by atoms with Crippen molar-refractivity contribution in [2.24, 2.45) is 11.3 Å². The first-order chi connectivity index (χ1) is 17.7. The van der Waals surface area contributed by atoms with Crippen LogP contribution in [0.25, 0.3) is 5.57 Å². The summed E-state index contributed by atoms with van der Waals surface area (Å²) in [5, 5.41) is 11.4. The number of amides is 1. The van der Waals surface area contributed by atoms with Crippen LogP contribution in [0.4, 0.5) is 0 Å². The lowest BCUT2D eigenvalue weighted by atomic mass is 9.76. The third-order valence-electron chi connectivity index (χ3n) is 6.92. The maximum Gasteiger partial charge on any atom is 0.305 e. The fourth-order valence-corrected chi connectivity index (χ4v) is 4.47. The van der Waals surface area contributed by atoms with Crippen molar-refractivity contribution in [2.75, 3.05) is 6.54 Å². The van der Waals surface area contributed by atoms with E-state index in [0.717, 1.165) is 43.4 Å². The maximum absolute atomic E-state index is 12.3. The van der Waals surface area contributed by atoms with E-state index in [0.29, 0.717) is 11.5 Å². The lowest BCUT2D eigenvalue weighted by Gasteiger charge is -2.29. The Kier molecular flexibility index (Phi) is 10.1. The molecule has 0 fully saturated rings. The van der Waals surface area contributed by atoms with Crippen molar-refractivity contribution < 1.29 is 19.4 Å². The van der Waals surface area contributed by atoms with Crippen LogP contribution < -0.4 is 10.1 Å². The second-order valence-corrected chi connectivity index (χ2v) is 10.9. The van der Waals surface area contributed by atoms with Crippen molar-refractivity contribution in [3.05, 3.63) is 83.4 Å². The summed E-state index contributed by atoms with van der Waals surface area (Å²) < 4.78 is 6.44. The summed E-state index contributed by atoms with van der Waals surface area (Å²) in [5.41, 5.74) is 4.24. The molecule has 37 heavy (non-hydrogen) atoms. The molecule has 0 aromatic heterocycles. The Labute approximate surface area is 221 Å². The van der Waals surface area contributed by atoms with Crippen molar-refractivity contribution >= 4 is 17.4 Å². The second-order valence-electron chi connectivity index (χ2n) is 10.9. The molecule has 2 atom stereocenters. The topological polar surface area (TPSA) is 75.6 Å². The number of hydrogen-bond donors (Lipinski definition) is 2. The number of benzene rings is 2. The number of ether oxygens (including phenoxy) is 1. The zero-order chi connectivity index (χ0) is 26.8. The number of nitrogens with one attached hydrogen (secondary N) is 1. The molecule has 0 saturated heterocycles. The molecule has 1 aliphatic carbocycles. The second kappa shape index (κ2) is 13.3. The number of carbonyl (C=O) groups excluding carboxylic acids is 1. The van der Waals surface area contributed by atoms with E-state index in [-0.39, 0.29) is 30.4 Å². The Bertz CT molecular complexity index is 1090. The van der Waals surface area contributed by atoms with E-state index in [1.54, 1.807) is 12.1 Å². The van der Waals surface area contributed by atoms with Crippen molar-refractivity contribution in [1.29, 1.82) is 0 Å². The molecule has 5 nitrogen and oxygen atoms in total. The fourth-order valence-electron chi connectivity index (χ4n) is 4.47. The molecule has 0 bridgehead atoms. The van der Waals surface area contributed by atoms with Gasteiger partial charge in [-0.3, -0.25) is 9.59 Å². The summed E-state index contributed by atoms with van der Waals surface area (Å²) in [6.45, 7) is 9.15. The highest BCUT2D eigenvalue weighted by Gasteiger charge is 2.23. The largest absolute Gasteiger partial charge is 0.486 e. The minimum absolute atomic E-state index is 0.0963. The van der Waals surface area contributed by atoms with Gasteiger partial charge in [-0.05, 0) is 71.6 Å². The Morgan fingerprint density at radius 2 is 1.76 bits per heavy atom. The zero-order valence-corrected chi connectivity index (χ0v) is 22.6. The van der Waals surface area contributed by atoms with Crippen LogP contribution >= 0.6 is 0 Å². The minimum atomic E-state index is -0.933. The highest BCUT2D eigenvalue weighted by Crippen LogP contribution is 2.36. The van der Waals surface area contributed by atoms with Gasteiger partial charge < -0.3 is 15.2 Å². The molecular weight excluding hydrogens is 462 g/mol. The van der Waals surface area contributed by atoms with Gasteiger partial charge in [0.15, 0.2) is 0 Å². The standard InChI is InChI=1S/C32H41NO4/c1-5-6-7-8-29(25-9-11-26(12-10-25)31(36)33-22-21-30(34)35)37-28-19-15-24(16-20-28)23-13-17-27(18-14-23)32(2,3)4/h9-17,19-20,27,29H,5-8,18,21-22H2,1-4H3,(H,33,36)(H,34,35). The van der Waals surface area contributed by atoms with Gasteiger partial charge in [0.1, 0.15) is 11.9 Å². The van der Waals surface area contributed by atoms with Gasteiger partial charge in [-0.2, -0.15) is 0 Å². The van der Waals surface area contributed by atoms with Crippen LogP contribution in [0.15, 0.2) is 66.8 Å². The Balaban J connectivity index is 1.66. The van der Waals surface area contributed by atoms with Gasteiger partial charge in [0.25, 0.3) is 5.91 Å². The van der Waals surface area contributed by atoms with E-state index >= 15 is 0 Å².